The highest BCUT2D eigenvalue weighted by Crippen LogP contribution is 2.24. The lowest BCUT2D eigenvalue weighted by molar-refractivity contribution is -0.118. The summed E-state index contributed by atoms with van der Waals surface area (Å²) in [5.41, 5.74) is 5.12. The molecule has 0 aliphatic carbocycles. The Morgan fingerprint density at radius 2 is 1.56 bits per heavy atom. The molecular formula is C27H30N4O3. The molecule has 0 fully saturated rings. The van der Waals surface area contributed by atoms with Gasteiger partial charge in [-0.05, 0) is 85.8 Å². The summed E-state index contributed by atoms with van der Waals surface area (Å²) in [6.45, 7) is 8.79. The van der Waals surface area contributed by atoms with E-state index >= 15 is 0 Å². The maximum Gasteiger partial charge on any atom is 0.262 e. The van der Waals surface area contributed by atoms with Crippen LogP contribution in [0.3, 0.4) is 0 Å². The van der Waals surface area contributed by atoms with Crippen LogP contribution < -0.4 is 14.8 Å². The lowest BCUT2D eigenvalue weighted by Crippen LogP contribution is -2.20. The highest BCUT2D eigenvalue weighted by Gasteiger charge is 2.12. The first kappa shape index (κ1) is 23.3. The fraction of sp³-hybridized carbons (Fsp3) is 0.296. The number of hydrogen-bond donors (Lipinski definition) is 1. The molecule has 34 heavy (non-hydrogen) atoms. The smallest absolute Gasteiger partial charge is 0.262 e. The molecule has 3 aromatic carbocycles. The van der Waals surface area contributed by atoms with E-state index in [0.717, 1.165) is 28.9 Å². The third-order valence-corrected chi connectivity index (χ3v) is 5.81. The van der Waals surface area contributed by atoms with Crippen molar-refractivity contribution in [1.82, 2.24) is 15.0 Å². The van der Waals surface area contributed by atoms with E-state index in [1.165, 1.54) is 5.56 Å². The van der Waals surface area contributed by atoms with E-state index < -0.39 is 0 Å². The molecule has 4 aromatic rings. The van der Waals surface area contributed by atoms with Gasteiger partial charge in [-0.3, -0.25) is 4.79 Å². The van der Waals surface area contributed by atoms with Gasteiger partial charge >= 0.3 is 0 Å². The first-order valence-electron chi connectivity index (χ1n) is 11.6. The van der Waals surface area contributed by atoms with Crippen LogP contribution in [0, 0.1) is 6.92 Å². The maximum atomic E-state index is 12.5. The lowest BCUT2D eigenvalue weighted by atomic mass is 9.99. The van der Waals surface area contributed by atoms with E-state index in [2.05, 4.69) is 29.4 Å². The molecule has 0 saturated carbocycles. The van der Waals surface area contributed by atoms with Crippen LogP contribution in [-0.4, -0.2) is 34.1 Å². The van der Waals surface area contributed by atoms with Crippen molar-refractivity contribution in [3.8, 4) is 17.2 Å². The zero-order chi connectivity index (χ0) is 24.1. The van der Waals surface area contributed by atoms with E-state index in [9.17, 15) is 4.79 Å². The summed E-state index contributed by atoms with van der Waals surface area (Å²) in [6, 6.07) is 19.3. The number of carbonyl (C=O) groups excluding carboxylic acids is 1. The first-order valence-corrected chi connectivity index (χ1v) is 11.6. The van der Waals surface area contributed by atoms with Gasteiger partial charge in [-0.2, -0.15) is 4.80 Å². The van der Waals surface area contributed by atoms with E-state index in [1.54, 1.807) is 4.80 Å². The van der Waals surface area contributed by atoms with Crippen molar-refractivity contribution < 1.29 is 14.3 Å². The number of rotatable bonds is 9. The van der Waals surface area contributed by atoms with Crippen LogP contribution in [0.25, 0.3) is 16.7 Å². The number of benzene rings is 3. The van der Waals surface area contributed by atoms with Crippen LogP contribution in [0.5, 0.6) is 11.5 Å². The number of hydrogen-bond acceptors (Lipinski definition) is 5. The van der Waals surface area contributed by atoms with Crippen molar-refractivity contribution in [1.29, 1.82) is 0 Å². The van der Waals surface area contributed by atoms with E-state index in [0.29, 0.717) is 29.5 Å². The van der Waals surface area contributed by atoms with Gasteiger partial charge in [0.05, 0.1) is 12.3 Å². The number of ether oxygens (including phenoxy) is 2. The molecule has 4 rings (SSSR count). The normalized spacial score (nSPS) is 11.9. The Labute approximate surface area is 199 Å². The second kappa shape index (κ2) is 10.4. The van der Waals surface area contributed by atoms with E-state index in [1.807, 2.05) is 74.5 Å². The standard InChI is InChI=1S/C27H30N4O3/c1-5-18(3)20-7-11-23(12-8-20)34-17-27(32)28-24-16-26-25(15-19(24)4)29-31(30-26)21-9-13-22(14-10-21)33-6-2/h7-16,18H,5-6,17H2,1-4H3,(H,28,32)/t18-/m1/s1. The number of amides is 1. The third-order valence-electron chi connectivity index (χ3n) is 5.81. The van der Waals surface area contributed by atoms with Gasteiger partial charge in [0.25, 0.3) is 5.91 Å². The van der Waals surface area contributed by atoms with E-state index in [4.69, 9.17) is 9.47 Å². The van der Waals surface area contributed by atoms with Crippen LogP contribution in [0.4, 0.5) is 5.69 Å². The van der Waals surface area contributed by atoms with Crippen LogP contribution in [0.1, 0.15) is 44.2 Å². The Balaban J connectivity index is 1.42. The zero-order valence-electron chi connectivity index (χ0n) is 20.0. The van der Waals surface area contributed by atoms with Crippen molar-refractivity contribution in [3.63, 3.8) is 0 Å². The molecule has 0 saturated heterocycles. The van der Waals surface area contributed by atoms with Gasteiger partial charge in [0.15, 0.2) is 6.61 Å². The molecule has 0 spiro atoms. The largest absolute Gasteiger partial charge is 0.494 e. The first-order chi connectivity index (χ1) is 16.5. The maximum absolute atomic E-state index is 12.5. The van der Waals surface area contributed by atoms with Gasteiger partial charge in [0.1, 0.15) is 22.5 Å². The van der Waals surface area contributed by atoms with Gasteiger partial charge < -0.3 is 14.8 Å². The minimum absolute atomic E-state index is 0.0704. The Bertz CT molecular complexity index is 1260. The summed E-state index contributed by atoms with van der Waals surface area (Å²) in [4.78, 5) is 14.1. The number of anilines is 1. The monoisotopic (exact) mass is 458 g/mol. The molecule has 1 amide bonds. The minimum atomic E-state index is -0.229. The van der Waals surface area contributed by atoms with E-state index in [-0.39, 0.29) is 12.5 Å². The van der Waals surface area contributed by atoms with Crippen LogP contribution >= 0.6 is 0 Å². The average Bonchev–Trinajstić information content (AvgIpc) is 3.26. The van der Waals surface area contributed by atoms with Crippen molar-refractivity contribution in [2.75, 3.05) is 18.5 Å². The van der Waals surface area contributed by atoms with Crippen molar-refractivity contribution in [3.05, 3.63) is 71.8 Å². The number of carbonyl (C=O) groups is 1. The summed E-state index contributed by atoms with van der Waals surface area (Å²) in [6.07, 6.45) is 1.08. The van der Waals surface area contributed by atoms with Gasteiger partial charge in [0.2, 0.25) is 0 Å². The Morgan fingerprint density at radius 1 is 0.941 bits per heavy atom. The predicted octanol–water partition coefficient (Wildman–Crippen LogP) is 5.66. The molecule has 1 atom stereocenters. The summed E-state index contributed by atoms with van der Waals surface area (Å²) < 4.78 is 11.2. The number of fused-ring (bicyclic) bond motifs is 1. The summed E-state index contributed by atoms with van der Waals surface area (Å²) in [5.74, 6) is 1.75. The second-order valence-corrected chi connectivity index (χ2v) is 8.29. The number of nitrogens with one attached hydrogen (secondary N) is 1. The lowest BCUT2D eigenvalue weighted by Gasteiger charge is -2.11. The number of aromatic nitrogens is 3. The summed E-state index contributed by atoms with van der Waals surface area (Å²) >= 11 is 0. The molecule has 1 N–H and O–H groups in total. The third kappa shape index (κ3) is 5.36. The zero-order valence-corrected chi connectivity index (χ0v) is 20.0. The topological polar surface area (TPSA) is 78.3 Å². The highest BCUT2D eigenvalue weighted by atomic mass is 16.5. The fourth-order valence-electron chi connectivity index (χ4n) is 3.62. The summed E-state index contributed by atoms with van der Waals surface area (Å²) in [5, 5.41) is 12.1. The Hall–Kier alpha value is -3.87. The molecule has 0 radical (unpaired) electrons. The molecule has 0 unspecified atom stereocenters. The van der Waals surface area contributed by atoms with Crippen LogP contribution in [-0.2, 0) is 4.79 Å². The predicted molar refractivity (Wildman–Crippen MR) is 134 cm³/mol. The molecule has 0 bridgehead atoms. The molecule has 0 aliphatic rings. The molecular weight excluding hydrogens is 428 g/mol. The molecule has 1 aromatic heterocycles. The molecule has 7 nitrogen and oxygen atoms in total. The summed E-state index contributed by atoms with van der Waals surface area (Å²) in [7, 11) is 0. The van der Waals surface area contributed by atoms with Crippen molar-refractivity contribution in [2.24, 2.45) is 0 Å². The minimum Gasteiger partial charge on any atom is -0.494 e. The quantitative estimate of drug-likeness (QED) is 0.350. The van der Waals surface area contributed by atoms with Gasteiger partial charge in [0, 0.05) is 5.69 Å². The number of nitrogens with zero attached hydrogens (tertiary/aromatic N) is 3. The SMILES string of the molecule is CCOc1ccc(-n2nc3cc(C)c(NC(=O)COc4ccc([C@H](C)CC)cc4)cc3n2)cc1. The van der Waals surface area contributed by atoms with Crippen molar-refractivity contribution >= 4 is 22.6 Å². The van der Waals surface area contributed by atoms with Gasteiger partial charge in [-0.25, -0.2) is 0 Å². The fourth-order valence-corrected chi connectivity index (χ4v) is 3.62. The van der Waals surface area contributed by atoms with Gasteiger partial charge in [-0.15, -0.1) is 10.2 Å². The Morgan fingerprint density at radius 3 is 2.21 bits per heavy atom. The Kier molecular flexibility index (Phi) is 7.11. The average molecular weight is 459 g/mol. The second-order valence-electron chi connectivity index (χ2n) is 8.29. The number of aryl methyl sites for hydroxylation is 1. The van der Waals surface area contributed by atoms with Crippen LogP contribution in [0.2, 0.25) is 0 Å². The molecule has 7 heteroatoms. The van der Waals surface area contributed by atoms with Gasteiger partial charge in [-0.1, -0.05) is 26.0 Å². The van der Waals surface area contributed by atoms with Crippen LogP contribution in [0.15, 0.2) is 60.7 Å². The van der Waals surface area contributed by atoms with Crippen molar-refractivity contribution in [2.45, 2.75) is 40.0 Å². The molecule has 1 heterocycles. The molecule has 176 valence electrons. The highest BCUT2D eigenvalue weighted by molar-refractivity contribution is 5.95. The molecule has 0 aliphatic heterocycles.